The van der Waals surface area contributed by atoms with E-state index in [0.29, 0.717) is 0 Å². The minimum Gasteiger partial charge on any atom is -0.461 e. The van der Waals surface area contributed by atoms with Crippen molar-refractivity contribution >= 4 is 11.9 Å². The van der Waals surface area contributed by atoms with Gasteiger partial charge in [0.2, 0.25) is 0 Å². The summed E-state index contributed by atoms with van der Waals surface area (Å²) in [7, 11) is 0. The fourth-order valence-corrected chi connectivity index (χ4v) is 1.32. The minimum atomic E-state index is -0.716. The number of esters is 2. The highest BCUT2D eigenvalue weighted by Crippen LogP contribution is 2.07. The lowest BCUT2D eigenvalue weighted by Crippen LogP contribution is -2.22. The molecular formula is C14H22O4. The first-order valence-electron chi connectivity index (χ1n) is 6.34. The largest absolute Gasteiger partial charge is 0.461 e. The summed E-state index contributed by atoms with van der Waals surface area (Å²) in [5.74, 6) is -1.43. The predicted octanol–water partition coefficient (Wildman–Crippen LogP) is 2.77. The van der Waals surface area contributed by atoms with Crippen LogP contribution in [0.25, 0.3) is 0 Å². The zero-order valence-electron chi connectivity index (χ0n) is 11.5. The molecule has 0 bridgehead atoms. The molecule has 0 radical (unpaired) electrons. The lowest BCUT2D eigenvalue weighted by molar-refractivity contribution is -0.149. The van der Waals surface area contributed by atoms with Gasteiger partial charge in [0.05, 0.1) is 12.7 Å². The van der Waals surface area contributed by atoms with Crippen LogP contribution in [0, 0.1) is 0 Å². The molecule has 4 nitrogen and oxygen atoms in total. The number of carbonyl (C=O) groups is 2. The van der Waals surface area contributed by atoms with Gasteiger partial charge in [0.1, 0.15) is 0 Å². The first-order valence-corrected chi connectivity index (χ1v) is 6.34. The van der Waals surface area contributed by atoms with E-state index in [1.54, 1.807) is 6.92 Å². The van der Waals surface area contributed by atoms with Crippen LogP contribution < -0.4 is 0 Å². The molecule has 0 heterocycles. The van der Waals surface area contributed by atoms with Gasteiger partial charge >= 0.3 is 11.9 Å². The molecule has 1 atom stereocenters. The molecule has 1 unspecified atom stereocenters. The highest BCUT2D eigenvalue weighted by atomic mass is 16.6. The van der Waals surface area contributed by atoms with Crippen LogP contribution in [0.1, 0.15) is 46.5 Å². The maximum absolute atomic E-state index is 11.7. The van der Waals surface area contributed by atoms with Gasteiger partial charge in [0, 0.05) is 0 Å². The van der Waals surface area contributed by atoms with Gasteiger partial charge in [-0.15, -0.1) is 5.73 Å². The summed E-state index contributed by atoms with van der Waals surface area (Å²) in [6, 6.07) is 0. The van der Waals surface area contributed by atoms with Gasteiger partial charge in [-0.25, -0.2) is 9.59 Å². The Morgan fingerprint density at radius 2 is 1.89 bits per heavy atom. The third kappa shape index (κ3) is 6.26. The number of rotatable bonds is 8. The Bertz CT molecular complexity index is 327. The van der Waals surface area contributed by atoms with Crippen molar-refractivity contribution in [3.63, 3.8) is 0 Å². The molecule has 4 heteroatoms. The summed E-state index contributed by atoms with van der Waals surface area (Å²) in [6.45, 7) is 9.37. The monoisotopic (exact) mass is 254 g/mol. The summed E-state index contributed by atoms with van der Waals surface area (Å²) in [6.07, 6.45) is 3.11. The van der Waals surface area contributed by atoms with Crippen LogP contribution in [0.4, 0.5) is 0 Å². The molecule has 0 aliphatic heterocycles. The van der Waals surface area contributed by atoms with E-state index in [0.717, 1.165) is 25.7 Å². The van der Waals surface area contributed by atoms with Gasteiger partial charge in [-0.05, 0) is 19.8 Å². The minimum absolute atomic E-state index is 0.228. The molecule has 0 spiro atoms. The quantitative estimate of drug-likeness (QED) is 0.167. The first kappa shape index (κ1) is 16.5. The van der Waals surface area contributed by atoms with E-state index in [2.05, 4.69) is 12.3 Å². The summed E-state index contributed by atoms with van der Waals surface area (Å²) < 4.78 is 10.0. The van der Waals surface area contributed by atoms with E-state index >= 15 is 0 Å². The first-order chi connectivity index (χ1) is 8.56. The highest BCUT2D eigenvalue weighted by molar-refractivity contribution is 6.13. The van der Waals surface area contributed by atoms with Crippen molar-refractivity contribution in [3.8, 4) is 0 Å². The smallest absolute Gasteiger partial charge is 0.353 e. The summed E-state index contributed by atoms with van der Waals surface area (Å²) in [5.41, 5.74) is 2.04. The van der Waals surface area contributed by atoms with Crippen molar-refractivity contribution in [3.05, 3.63) is 17.9 Å². The van der Waals surface area contributed by atoms with E-state index < -0.39 is 11.9 Å². The molecule has 0 aromatic heterocycles. The average molecular weight is 254 g/mol. The van der Waals surface area contributed by atoms with Crippen LogP contribution >= 0.6 is 0 Å². The second-order valence-corrected chi connectivity index (χ2v) is 4.05. The third-order valence-electron chi connectivity index (χ3n) is 2.32. The Labute approximate surface area is 109 Å². The Kier molecular flexibility index (Phi) is 8.67. The van der Waals surface area contributed by atoms with Gasteiger partial charge in [0.15, 0.2) is 5.57 Å². The molecule has 0 aromatic carbocycles. The summed E-state index contributed by atoms with van der Waals surface area (Å²) in [4.78, 5) is 23.2. The topological polar surface area (TPSA) is 52.6 Å². The normalized spacial score (nSPS) is 11.3. The number of carbonyl (C=O) groups excluding carboxylic acids is 2. The standard InChI is InChI=1S/C14H22O4/c1-5-8-10-17-13(15)12(7-3)14(16)18-11(4)9-6-2/h11H,3,5-6,8-10H2,1-2,4H3. The fraction of sp³-hybridized carbons (Fsp3) is 0.643. The van der Waals surface area contributed by atoms with Gasteiger partial charge < -0.3 is 9.47 Å². The second kappa shape index (κ2) is 9.49. The van der Waals surface area contributed by atoms with Crippen molar-refractivity contribution in [1.82, 2.24) is 0 Å². The van der Waals surface area contributed by atoms with Crippen LogP contribution in [-0.4, -0.2) is 24.6 Å². The maximum Gasteiger partial charge on any atom is 0.353 e. The molecule has 0 aliphatic carbocycles. The molecule has 0 fully saturated rings. The molecule has 0 saturated carbocycles. The lowest BCUT2D eigenvalue weighted by atomic mass is 10.2. The Balaban J connectivity index is 4.36. The highest BCUT2D eigenvalue weighted by Gasteiger charge is 2.22. The van der Waals surface area contributed by atoms with E-state index in [-0.39, 0.29) is 18.3 Å². The fourth-order valence-electron chi connectivity index (χ4n) is 1.32. The molecule has 0 N–H and O–H groups in total. The molecule has 102 valence electrons. The van der Waals surface area contributed by atoms with Crippen LogP contribution in [0.2, 0.25) is 0 Å². The van der Waals surface area contributed by atoms with Crippen LogP contribution in [0.3, 0.4) is 0 Å². The van der Waals surface area contributed by atoms with E-state index in [9.17, 15) is 9.59 Å². The van der Waals surface area contributed by atoms with Gasteiger partial charge in [-0.3, -0.25) is 0 Å². The summed E-state index contributed by atoms with van der Waals surface area (Å²) in [5, 5.41) is 0. The van der Waals surface area contributed by atoms with Crippen LogP contribution in [0.15, 0.2) is 17.9 Å². The van der Waals surface area contributed by atoms with Crippen LogP contribution in [0.5, 0.6) is 0 Å². The zero-order valence-corrected chi connectivity index (χ0v) is 11.5. The van der Waals surface area contributed by atoms with Crippen molar-refractivity contribution in [2.45, 2.75) is 52.6 Å². The van der Waals surface area contributed by atoms with E-state index in [1.165, 1.54) is 0 Å². The molecular weight excluding hydrogens is 232 g/mol. The molecule has 0 saturated heterocycles. The SMILES string of the molecule is C=C=C(C(=O)OCCCC)C(=O)OC(C)CCC. The Hall–Kier alpha value is -1.54. The molecule has 0 aliphatic rings. The molecule has 0 rings (SSSR count). The van der Waals surface area contributed by atoms with Crippen molar-refractivity contribution < 1.29 is 19.1 Å². The van der Waals surface area contributed by atoms with Gasteiger partial charge in [0.25, 0.3) is 0 Å². The molecule has 18 heavy (non-hydrogen) atoms. The molecule has 0 amide bonds. The predicted molar refractivity (Wildman–Crippen MR) is 69.0 cm³/mol. The Morgan fingerprint density at radius 3 is 2.39 bits per heavy atom. The summed E-state index contributed by atoms with van der Waals surface area (Å²) >= 11 is 0. The lowest BCUT2D eigenvalue weighted by Gasteiger charge is -2.12. The number of ether oxygens (including phenoxy) is 2. The van der Waals surface area contributed by atoms with Crippen LogP contribution in [-0.2, 0) is 19.1 Å². The number of hydrogen-bond donors (Lipinski definition) is 0. The van der Waals surface area contributed by atoms with E-state index in [4.69, 9.17) is 9.47 Å². The number of unbranched alkanes of at least 4 members (excludes halogenated alkanes) is 1. The zero-order chi connectivity index (χ0) is 14.0. The molecule has 0 aromatic rings. The third-order valence-corrected chi connectivity index (χ3v) is 2.32. The van der Waals surface area contributed by atoms with Crippen molar-refractivity contribution in [2.24, 2.45) is 0 Å². The average Bonchev–Trinajstić information content (AvgIpc) is 2.30. The Morgan fingerprint density at radius 1 is 1.22 bits per heavy atom. The van der Waals surface area contributed by atoms with Crippen molar-refractivity contribution in [2.75, 3.05) is 6.61 Å². The van der Waals surface area contributed by atoms with Gasteiger partial charge in [-0.1, -0.05) is 33.3 Å². The second-order valence-electron chi connectivity index (χ2n) is 4.05. The van der Waals surface area contributed by atoms with Gasteiger partial charge in [-0.2, -0.15) is 0 Å². The van der Waals surface area contributed by atoms with E-state index in [1.807, 2.05) is 13.8 Å². The van der Waals surface area contributed by atoms with Crippen molar-refractivity contribution in [1.29, 1.82) is 0 Å². The number of hydrogen-bond acceptors (Lipinski definition) is 4. The maximum atomic E-state index is 11.7.